The summed E-state index contributed by atoms with van der Waals surface area (Å²) in [6, 6.07) is 20.1. The monoisotopic (exact) mass is 244 g/mol. The molecule has 1 heterocycles. The van der Waals surface area contributed by atoms with Gasteiger partial charge in [0.05, 0.1) is 11.6 Å². The van der Waals surface area contributed by atoms with Crippen LogP contribution in [0.3, 0.4) is 0 Å². The van der Waals surface area contributed by atoms with E-state index in [0.717, 1.165) is 16.6 Å². The Balaban J connectivity index is 2.05. The molecule has 90 valence electrons. The van der Waals surface area contributed by atoms with Crippen molar-refractivity contribution in [1.29, 1.82) is 5.26 Å². The number of allylic oxidation sites excluding steroid dienone is 1. The zero-order valence-corrected chi connectivity index (χ0v) is 10.3. The van der Waals surface area contributed by atoms with Crippen molar-refractivity contribution >= 4 is 22.6 Å². The van der Waals surface area contributed by atoms with Crippen LogP contribution in [-0.4, -0.2) is 4.98 Å². The second kappa shape index (κ2) is 4.83. The van der Waals surface area contributed by atoms with E-state index in [1.54, 1.807) is 0 Å². The van der Waals surface area contributed by atoms with Gasteiger partial charge in [-0.1, -0.05) is 42.5 Å². The number of nitriles is 1. The molecule has 2 heteroatoms. The number of nitrogens with one attached hydrogen (secondary N) is 1. The number of aromatic amines is 1. The predicted octanol–water partition coefficient (Wildman–Crippen LogP) is 4.23. The molecule has 2 nitrogen and oxygen atoms in total. The summed E-state index contributed by atoms with van der Waals surface area (Å²) in [5.74, 6) is 0. The van der Waals surface area contributed by atoms with Gasteiger partial charge >= 0.3 is 0 Å². The Kier molecular flexibility index (Phi) is 2.88. The van der Waals surface area contributed by atoms with Crippen molar-refractivity contribution in [3.8, 4) is 6.07 Å². The van der Waals surface area contributed by atoms with Crippen LogP contribution in [0, 0.1) is 11.3 Å². The molecule has 0 saturated heterocycles. The molecule has 0 spiro atoms. The normalized spacial score (nSPS) is 11.4. The zero-order valence-electron chi connectivity index (χ0n) is 10.3. The third-order valence-corrected chi connectivity index (χ3v) is 3.10. The van der Waals surface area contributed by atoms with Gasteiger partial charge in [-0.25, -0.2) is 0 Å². The lowest BCUT2D eigenvalue weighted by Gasteiger charge is -2.00. The maximum absolute atomic E-state index is 9.29. The lowest BCUT2D eigenvalue weighted by atomic mass is 10.0. The highest BCUT2D eigenvalue weighted by molar-refractivity contribution is 5.91. The quantitative estimate of drug-likeness (QED) is 0.531. The van der Waals surface area contributed by atoms with E-state index in [1.807, 2.05) is 54.7 Å². The number of H-pyrrole nitrogens is 1. The van der Waals surface area contributed by atoms with Crippen LogP contribution < -0.4 is 0 Å². The molecule has 3 rings (SSSR count). The van der Waals surface area contributed by atoms with Gasteiger partial charge in [-0.05, 0) is 34.7 Å². The van der Waals surface area contributed by atoms with E-state index in [9.17, 15) is 5.26 Å². The summed E-state index contributed by atoms with van der Waals surface area (Å²) in [6.07, 6.45) is 3.83. The molecule has 0 saturated carbocycles. The van der Waals surface area contributed by atoms with Crippen molar-refractivity contribution in [3.63, 3.8) is 0 Å². The van der Waals surface area contributed by atoms with Gasteiger partial charge in [0.15, 0.2) is 0 Å². The third-order valence-electron chi connectivity index (χ3n) is 3.10. The van der Waals surface area contributed by atoms with E-state index < -0.39 is 0 Å². The SMILES string of the molecule is N#C/C(=C/c1ccc2cc[nH]c2c1)c1ccccc1. The molecular formula is C17H12N2. The van der Waals surface area contributed by atoms with Crippen LogP contribution in [0.1, 0.15) is 11.1 Å². The van der Waals surface area contributed by atoms with Gasteiger partial charge in [0.1, 0.15) is 0 Å². The summed E-state index contributed by atoms with van der Waals surface area (Å²) in [4.78, 5) is 3.18. The highest BCUT2D eigenvalue weighted by Gasteiger charge is 2.01. The van der Waals surface area contributed by atoms with Gasteiger partial charge in [-0.3, -0.25) is 0 Å². The van der Waals surface area contributed by atoms with Gasteiger partial charge in [0.25, 0.3) is 0 Å². The van der Waals surface area contributed by atoms with Crippen LogP contribution in [0.4, 0.5) is 0 Å². The number of benzene rings is 2. The second-order valence-corrected chi connectivity index (χ2v) is 4.36. The Hall–Kier alpha value is -2.79. The molecule has 0 aliphatic carbocycles. The molecule has 2 aromatic carbocycles. The van der Waals surface area contributed by atoms with Crippen LogP contribution in [-0.2, 0) is 0 Å². The standard InChI is InChI=1S/C17H12N2/c18-12-16(14-4-2-1-3-5-14)10-13-6-7-15-8-9-19-17(15)11-13/h1-11,19H/b16-10-. The molecule has 1 N–H and O–H groups in total. The minimum atomic E-state index is 0.673. The Labute approximate surface area is 111 Å². The molecular weight excluding hydrogens is 232 g/mol. The van der Waals surface area contributed by atoms with Crippen LogP contribution in [0.2, 0.25) is 0 Å². The van der Waals surface area contributed by atoms with Gasteiger partial charge in [0.2, 0.25) is 0 Å². The lowest BCUT2D eigenvalue weighted by molar-refractivity contribution is 1.47. The van der Waals surface area contributed by atoms with E-state index in [4.69, 9.17) is 0 Å². The Bertz CT molecular complexity index is 774. The molecule has 0 aliphatic heterocycles. The second-order valence-electron chi connectivity index (χ2n) is 4.36. The smallest absolute Gasteiger partial charge is 0.0998 e. The fourth-order valence-electron chi connectivity index (χ4n) is 2.12. The van der Waals surface area contributed by atoms with Gasteiger partial charge in [-0.2, -0.15) is 5.26 Å². The number of hydrogen-bond acceptors (Lipinski definition) is 1. The third kappa shape index (κ3) is 2.27. The number of fused-ring (bicyclic) bond motifs is 1. The summed E-state index contributed by atoms with van der Waals surface area (Å²) in [7, 11) is 0. The maximum Gasteiger partial charge on any atom is 0.0998 e. The first-order valence-electron chi connectivity index (χ1n) is 6.11. The molecule has 0 atom stereocenters. The first kappa shape index (κ1) is 11.3. The van der Waals surface area contributed by atoms with E-state index in [1.165, 1.54) is 5.39 Å². The van der Waals surface area contributed by atoms with Gasteiger partial charge in [-0.15, -0.1) is 0 Å². The summed E-state index contributed by atoms with van der Waals surface area (Å²) in [5, 5.41) is 10.5. The fraction of sp³-hybridized carbons (Fsp3) is 0. The summed E-state index contributed by atoms with van der Waals surface area (Å²) >= 11 is 0. The average Bonchev–Trinajstić information content (AvgIpc) is 2.93. The van der Waals surface area contributed by atoms with Crippen molar-refractivity contribution in [3.05, 3.63) is 71.9 Å². The van der Waals surface area contributed by atoms with Crippen molar-refractivity contribution in [2.75, 3.05) is 0 Å². The van der Waals surface area contributed by atoms with Gasteiger partial charge < -0.3 is 4.98 Å². The number of aromatic nitrogens is 1. The van der Waals surface area contributed by atoms with Crippen molar-refractivity contribution in [2.24, 2.45) is 0 Å². The lowest BCUT2D eigenvalue weighted by Crippen LogP contribution is -1.81. The van der Waals surface area contributed by atoms with Crippen LogP contribution >= 0.6 is 0 Å². The Morgan fingerprint density at radius 1 is 1.05 bits per heavy atom. The highest BCUT2D eigenvalue weighted by atomic mass is 14.7. The van der Waals surface area contributed by atoms with E-state index in [0.29, 0.717) is 5.57 Å². The summed E-state index contributed by atoms with van der Waals surface area (Å²) < 4.78 is 0. The van der Waals surface area contributed by atoms with E-state index in [2.05, 4.69) is 23.2 Å². The first-order valence-corrected chi connectivity index (χ1v) is 6.11. The van der Waals surface area contributed by atoms with Crippen molar-refractivity contribution in [2.45, 2.75) is 0 Å². The number of rotatable bonds is 2. The molecule has 0 bridgehead atoms. The van der Waals surface area contributed by atoms with E-state index >= 15 is 0 Å². The summed E-state index contributed by atoms with van der Waals surface area (Å²) in [6.45, 7) is 0. The van der Waals surface area contributed by atoms with Crippen LogP contribution in [0.25, 0.3) is 22.6 Å². The Morgan fingerprint density at radius 2 is 1.89 bits per heavy atom. The zero-order chi connectivity index (χ0) is 13.1. The molecule has 0 fully saturated rings. The molecule has 3 aromatic rings. The molecule has 0 unspecified atom stereocenters. The number of hydrogen-bond donors (Lipinski definition) is 1. The van der Waals surface area contributed by atoms with E-state index in [-0.39, 0.29) is 0 Å². The average molecular weight is 244 g/mol. The van der Waals surface area contributed by atoms with Crippen LogP contribution in [0.15, 0.2) is 60.8 Å². The molecule has 0 aliphatic rings. The van der Waals surface area contributed by atoms with Gasteiger partial charge in [0, 0.05) is 11.7 Å². The predicted molar refractivity (Wildman–Crippen MR) is 78.2 cm³/mol. The highest BCUT2D eigenvalue weighted by Crippen LogP contribution is 2.20. The summed E-state index contributed by atoms with van der Waals surface area (Å²) in [5.41, 5.74) is 3.72. The minimum Gasteiger partial charge on any atom is -0.361 e. The minimum absolute atomic E-state index is 0.673. The maximum atomic E-state index is 9.29. The topological polar surface area (TPSA) is 39.6 Å². The number of nitrogens with zero attached hydrogens (tertiary/aromatic N) is 1. The van der Waals surface area contributed by atoms with Crippen LogP contribution in [0.5, 0.6) is 0 Å². The fourth-order valence-corrected chi connectivity index (χ4v) is 2.12. The first-order chi connectivity index (χ1) is 9.36. The molecule has 19 heavy (non-hydrogen) atoms. The molecule has 0 amide bonds. The van der Waals surface area contributed by atoms with Crippen molar-refractivity contribution < 1.29 is 0 Å². The largest absolute Gasteiger partial charge is 0.361 e. The Morgan fingerprint density at radius 3 is 2.68 bits per heavy atom. The molecule has 0 radical (unpaired) electrons. The van der Waals surface area contributed by atoms with Crippen molar-refractivity contribution in [1.82, 2.24) is 4.98 Å². The molecule has 1 aromatic heterocycles.